The van der Waals surface area contributed by atoms with Crippen molar-refractivity contribution in [3.63, 3.8) is 0 Å². The number of methoxy groups -OCH3 is 1. The second-order valence-electron chi connectivity index (χ2n) is 8.16. The molecule has 0 aliphatic carbocycles. The first-order valence-corrected chi connectivity index (χ1v) is 10.8. The maximum Gasteiger partial charge on any atom is 0.416 e. The Labute approximate surface area is 200 Å². The second kappa shape index (κ2) is 9.69. The number of carbonyl (C=O) groups is 2. The average molecular weight is 484 g/mol. The van der Waals surface area contributed by atoms with Crippen LogP contribution in [0.1, 0.15) is 34.0 Å². The van der Waals surface area contributed by atoms with E-state index >= 15 is 0 Å². The van der Waals surface area contributed by atoms with Crippen LogP contribution in [0.3, 0.4) is 0 Å². The van der Waals surface area contributed by atoms with Crippen molar-refractivity contribution >= 4 is 17.5 Å². The molecule has 1 N–H and O–H groups in total. The van der Waals surface area contributed by atoms with Gasteiger partial charge in [0, 0.05) is 29.9 Å². The van der Waals surface area contributed by atoms with Gasteiger partial charge >= 0.3 is 6.18 Å². The first kappa shape index (κ1) is 24.1. The predicted octanol–water partition coefficient (Wildman–Crippen LogP) is 5.28. The molecular formula is C26H23F3N2O4. The van der Waals surface area contributed by atoms with E-state index in [9.17, 15) is 22.8 Å². The minimum absolute atomic E-state index is 0.0904. The Balaban J connectivity index is 1.53. The molecular weight excluding hydrogens is 461 g/mol. The molecule has 0 spiro atoms. The molecule has 2 amide bonds. The van der Waals surface area contributed by atoms with Gasteiger partial charge in [0.15, 0.2) is 6.10 Å². The first-order valence-electron chi connectivity index (χ1n) is 10.8. The fourth-order valence-corrected chi connectivity index (χ4v) is 3.82. The smallest absolute Gasteiger partial charge is 0.416 e. The number of nitrogens with zero attached hydrogens (tertiary/aromatic N) is 1. The Morgan fingerprint density at radius 1 is 1.11 bits per heavy atom. The molecule has 1 aliphatic heterocycles. The van der Waals surface area contributed by atoms with Crippen LogP contribution < -0.4 is 14.8 Å². The summed E-state index contributed by atoms with van der Waals surface area (Å²) in [6.07, 6.45) is -5.17. The third kappa shape index (κ3) is 5.56. The van der Waals surface area contributed by atoms with Crippen LogP contribution in [0.4, 0.5) is 18.9 Å². The summed E-state index contributed by atoms with van der Waals surface area (Å²) in [6, 6.07) is 16.4. The number of nitrogens with one attached hydrogen (secondary N) is 1. The Hall–Kier alpha value is -4.01. The molecule has 0 bridgehead atoms. The zero-order valence-electron chi connectivity index (χ0n) is 19.1. The molecule has 3 aromatic carbocycles. The number of alkyl halides is 3. The zero-order valence-corrected chi connectivity index (χ0v) is 19.1. The molecule has 0 fully saturated rings. The van der Waals surface area contributed by atoms with Gasteiger partial charge in [-0.25, -0.2) is 0 Å². The largest absolute Gasteiger partial charge is 0.497 e. The van der Waals surface area contributed by atoms with Crippen LogP contribution in [0.25, 0.3) is 0 Å². The highest BCUT2D eigenvalue weighted by Crippen LogP contribution is 2.31. The number of hydrogen-bond donors (Lipinski definition) is 1. The summed E-state index contributed by atoms with van der Waals surface area (Å²) in [7, 11) is 1.57. The van der Waals surface area contributed by atoms with Gasteiger partial charge in [-0.15, -0.1) is 0 Å². The summed E-state index contributed by atoms with van der Waals surface area (Å²) in [5.41, 5.74) is 1.27. The van der Waals surface area contributed by atoms with Gasteiger partial charge in [-0.3, -0.25) is 9.59 Å². The van der Waals surface area contributed by atoms with Crippen LogP contribution >= 0.6 is 0 Å². The number of ether oxygens (including phenoxy) is 2. The van der Waals surface area contributed by atoms with Crippen molar-refractivity contribution in [2.75, 3.05) is 12.4 Å². The number of rotatable bonds is 5. The van der Waals surface area contributed by atoms with E-state index in [1.54, 1.807) is 37.1 Å². The van der Waals surface area contributed by atoms with Gasteiger partial charge in [0.25, 0.3) is 11.8 Å². The number of benzene rings is 3. The highest BCUT2D eigenvalue weighted by atomic mass is 19.4. The van der Waals surface area contributed by atoms with E-state index in [2.05, 4.69) is 5.32 Å². The topological polar surface area (TPSA) is 67.9 Å². The average Bonchev–Trinajstić information content (AvgIpc) is 2.94. The minimum Gasteiger partial charge on any atom is -0.497 e. The molecule has 6 nitrogen and oxygen atoms in total. The van der Waals surface area contributed by atoms with E-state index in [0.717, 1.165) is 29.8 Å². The second-order valence-corrected chi connectivity index (χ2v) is 8.16. The van der Waals surface area contributed by atoms with Crippen LogP contribution in [0.15, 0.2) is 66.7 Å². The van der Waals surface area contributed by atoms with Crippen molar-refractivity contribution in [3.8, 4) is 11.5 Å². The fraction of sp³-hybridized carbons (Fsp3) is 0.231. The van der Waals surface area contributed by atoms with Gasteiger partial charge in [-0.05, 0) is 67.1 Å². The molecule has 4 rings (SSSR count). The number of halogens is 3. The standard InChI is InChI=1S/C26H23F3N2O4/c1-16-25(33)31(14-17-4-3-5-22(12-17)34-2)15-19-13-21(10-11-23(19)35-16)30-24(32)18-6-8-20(9-7-18)26(27,28)29/h3-13,16H,14-15H2,1-2H3,(H,30,32). The maximum atomic E-state index is 12.9. The van der Waals surface area contributed by atoms with Crippen molar-refractivity contribution in [1.29, 1.82) is 0 Å². The quantitative estimate of drug-likeness (QED) is 0.536. The number of hydrogen-bond acceptors (Lipinski definition) is 4. The van der Waals surface area contributed by atoms with Gasteiger partial charge in [-0.1, -0.05) is 12.1 Å². The molecule has 0 saturated heterocycles. The summed E-state index contributed by atoms with van der Waals surface area (Å²) in [5, 5.41) is 2.69. The summed E-state index contributed by atoms with van der Waals surface area (Å²) >= 11 is 0. The fourth-order valence-electron chi connectivity index (χ4n) is 3.82. The number of anilines is 1. The minimum atomic E-state index is -4.47. The van der Waals surface area contributed by atoms with Crippen LogP contribution in [-0.4, -0.2) is 29.9 Å². The lowest BCUT2D eigenvalue weighted by atomic mass is 10.1. The third-order valence-electron chi connectivity index (χ3n) is 5.62. The Kier molecular flexibility index (Phi) is 6.68. The summed E-state index contributed by atoms with van der Waals surface area (Å²) in [4.78, 5) is 27.2. The Morgan fingerprint density at radius 2 is 1.86 bits per heavy atom. The normalized spacial score (nSPS) is 15.6. The lowest BCUT2D eigenvalue weighted by Gasteiger charge is -2.22. The van der Waals surface area contributed by atoms with E-state index in [1.165, 1.54) is 0 Å². The van der Waals surface area contributed by atoms with E-state index < -0.39 is 23.8 Å². The van der Waals surface area contributed by atoms with Crippen molar-refractivity contribution in [3.05, 3.63) is 89.0 Å². The molecule has 9 heteroatoms. The zero-order chi connectivity index (χ0) is 25.2. The lowest BCUT2D eigenvalue weighted by molar-refractivity contribution is -0.138. The van der Waals surface area contributed by atoms with Crippen LogP contribution in [0, 0.1) is 0 Å². The molecule has 3 aromatic rings. The van der Waals surface area contributed by atoms with Gasteiger partial charge in [-0.2, -0.15) is 13.2 Å². The van der Waals surface area contributed by atoms with Crippen molar-refractivity contribution < 1.29 is 32.2 Å². The Morgan fingerprint density at radius 3 is 2.54 bits per heavy atom. The lowest BCUT2D eigenvalue weighted by Crippen LogP contribution is -2.37. The molecule has 0 saturated carbocycles. The number of carbonyl (C=O) groups excluding carboxylic acids is 2. The van der Waals surface area contributed by atoms with E-state index in [-0.39, 0.29) is 18.0 Å². The van der Waals surface area contributed by atoms with Crippen LogP contribution in [0.5, 0.6) is 11.5 Å². The van der Waals surface area contributed by atoms with Gasteiger partial charge in [0.05, 0.1) is 12.7 Å². The summed E-state index contributed by atoms with van der Waals surface area (Å²) in [6.45, 7) is 2.27. The van der Waals surface area contributed by atoms with Gasteiger partial charge in [0.2, 0.25) is 0 Å². The van der Waals surface area contributed by atoms with Crippen molar-refractivity contribution in [2.45, 2.75) is 32.3 Å². The van der Waals surface area contributed by atoms with Crippen LogP contribution in [0.2, 0.25) is 0 Å². The predicted molar refractivity (Wildman–Crippen MR) is 123 cm³/mol. The van der Waals surface area contributed by atoms with E-state index in [1.807, 2.05) is 24.3 Å². The number of fused-ring (bicyclic) bond motifs is 1. The molecule has 1 unspecified atom stereocenters. The van der Waals surface area contributed by atoms with Crippen molar-refractivity contribution in [2.24, 2.45) is 0 Å². The molecule has 35 heavy (non-hydrogen) atoms. The van der Waals surface area contributed by atoms with Crippen molar-refractivity contribution in [1.82, 2.24) is 4.90 Å². The SMILES string of the molecule is COc1cccc(CN2Cc3cc(NC(=O)c4ccc(C(F)(F)F)cc4)ccc3OC(C)C2=O)c1. The first-order chi connectivity index (χ1) is 16.6. The molecule has 0 aromatic heterocycles. The van der Waals surface area contributed by atoms with E-state index in [4.69, 9.17) is 9.47 Å². The number of amides is 2. The van der Waals surface area contributed by atoms with Gasteiger partial charge in [0.1, 0.15) is 11.5 Å². The van der Waals surface area contributed by atoms with Crippen LogP contribution in [-0.2, 0) is 24.1 Å². The highest BCUT2D eigenvalue weighted by molar-refractivity contribution is 6.04. The van der Waals surface area contributed by atoms with Gasteiger partial charge < -0.3 is 19.7 Å². The molecule has 1 aliphatic rings. The monoisotopic (exact) mass is 484 g/mol. The summed E-state index contributed by atoms with van der Waals surface area (Å²) < 4.78 is 49.4. The third-order valence-corrected chi connectivity index (χ3v) is 5.62. The maximum absolute atomic E-state index is 12.9. The molecule has 1 heterocycles. The molecule has 0 radical (unpaired) electrons. The highest BCUT2D eigenvalue weighted by Gasteiger charge is 2.30. The Bertz CT molecular complexity index is 1240. The molecule has 1 atom stereocenters. The molecule has 182 valence electrons. The summed E-state index contributed by atoms with van der Waals surface area (Å²) in [5.74, 6) is 0.472. The van der Waals surface area contributed by atoms with E-state index in [0.29, 0.717) is 29.3 Å².